The molecule has 1 aliphatic rings. The first-order valence-corrected chi connectivity index (χ1v) is 6.88. The van der Waals surface area contributed by atoms with E-state index < -0.39 is 0 Å². The van der Waals surface area contributed by atoms with Crippen molar-refractivity contribution in [2.45, 2.75) is 36.6 Å². The number of hydrogen-bond donors (Lipinski definition) is 0. The fourth-order valence-corrected chi connectivity index (χ4v) is 3.21. The van der Waals surface area contributed by atoms with Crippen molar-refractivity contribution >= 4 is 21.9 Å². The minimum absolute atomic E-state index is 0.468. The number of hydrogen-bond acceptors (Lipinski definition) is 4. The van der Waals surface area contributed by atoms with Crippen LogP contribution in [0, 0.1) is 0 Å². The summed E-state index contributed by atoms with van der Waals surface area (Å²) in [4.78, 5) is 11.4. The molecule has 17 heavy (non-hydrogen) atoms. The van der Waals surface area contributed by atoms with Crippen LogP contribution in [-0.2, 0) is 0 Å². The van der Waals surface area contributed by atoms with Gasteiger partial charge in [-0.25, -0.2) is 4.98 Å². The van der Waals surface area contributed by atoms with E-state index in [-0.39, 0.29) is 0 Å². The van der Waals surface area contributed by atoms with Crippen molar-refractivity contribution in [2.75, 3.05) is 19.1 Å². The summed E-state index contributed by atoms with van der Waals surface area (Å²) < 4.78 is 5.13. The van der Waals surface area contributed by atoms with Crippen LogP contribution in [0.3, 0.4) is 0 Å². The van der Waals surface area contributed by atoms with E-state index in [9.17, 15) is 0 Å². The van der Waals surface area contributed by atoms with Crippen LogP contribution in [0.4, 0.5) is 5.95 Å². The molecule has 94 valence electrons. The Labute approximate surface area is 111 Å². The Morgan fingerprint density at radius 2 is 2.18 bits per heavy atom. The van der Waals surface area contributed by atoms with Crippen LogP contribution < -0.4 is 9.64 Å². The summed E-state index contributed by atoms with van der Waals surface area (Å²) in [5.74, 6) is 1.35. The van der Waals surface area contributed by atoms with Gasteiger partial charge < -0.3 is 9.64 Å². The van der Waals surface area contributed by atoms with Crippen molar-refractivity contribution in [1.29, 1.82) is 0 Å². The zero-order valence-electron chi connectivity index (χ0n) is 10.3. The highest BCUT2D eigenvalue weighted by atomic mass is 79.9. The molecule has 2 rings (SSSR count). The maximum absolute atomic E-state index is 5.13. The summed E-state index contributed by atoms with van der Waals surface area (Å²) in [6.07, 6.45) is 6.73. The molecular formula is C12H18BrN3O. The second-order valence-corrected chi connectivity index (χ2v) is 5.55. The van der Waals surface area contributed by atoms with Crippen LogP contribution in [-0.4, -0.2) is 35.0 Å². The minimum atomic E-state index is 0.468. The van der Waals surface area contributed by atoms with Crippen LogP contribution in [0.5, 0.6) is 5.88 Å². The quantitative estimate of drug-likeness (QED) is 0.804. The third-order valence-corrected chi connectivity index (χ3v) is 4.35. The zero-order chi connectivity index (χ0) is 12.3. The van der Waals surface area contributed by atoms with Gasteiger partial charge in [0.15, 0.2) is 0 Å². The van der Waals surface area contributed by atoms with Gasteiger partial charge in [0, 0.05) is 30.2 Å². The third-order valence-electron chi connectivity index (χ3n) is 3.29. The highest BCUT2D eigenvalue weighted by Gasteiger charge is 2.27. The monoisotopic (exact) mass is 299 g/mol. The fourth-order valence-electron chi connectivity index (χ4n) is 2.27. The van der Waals surface area contributed by atoms with Gasteiger partial charge in [-0.2, -0.15) is 4.98 Å². The molecule has 1 fully saturated rings. The van der Waals surface area contributed by atoms with Gasteiger partial charge in [0.25, 0.3) is 0 Å². The van der Waals surface area contributed by atoms with Crippen molar-refractivity contribution in [3.63, 3.8) is 0 Å². The summed E-state index contributed by atoms with van der Waals surface area (Å²) >= 11 is 3.76. The number of rotatable bonds is 3. The highest BCUT2D eigenvalue weighted by molar-refractivity contribution is 9.09. The smallest absolute Gasteiger partial charge is 0.228 e. The lowest BCUT2D eigenvalue weighted by molar-refractivity contribution is 0.394. The molecule has 0 saturated heterocycles. The molecule has 0 radical (unpaired) electrons. The van der Waals surface area contributed by atoms with E-state index in [1.807, 2.05) is 0 Å². The summed E-state index contributed by atoms with van der Waals surface area (Å²) in [6, 6.07) is 2.24. The molecule has 5 heteroatoms. The number of nitrogens with zero attached hydrogens (tertiary/aromatic N) is 3. The van der Waals surface area contributed by atoms with Crippen molar-refractivity contribution in [3.05, 3.63) is 12.3 Å². The van der Waals surface area contributed by atoms with Gasteiger partial charge in [-0.05, 0) is 12.8 Å². The standard InChI is InChI=1S/C12H18BrN3O/c1-16(10-6-4-3-5-9(10)13)12-14-8-7-11(15-12)17-2/h7-10H,3-6H2,1-2H3. The number of halogens is 1. The summed E-state index contributed by atoms with van der Waals surface area (Å²) in [6.45, 7) is 0. The van der Waals surface area contributed by atoms with Crippen molar-refractivity contribution < 1.29 is 4.74 Å². The molecule has 1 saturated carbocycles. The van der Waals surface area contributed by atoms with E-state index in [2.05, 4.69) is 37.8 Å². The molecule has 0 N–H and O–H groups in total. The lowest BCUT2D eigenvalue weighted by Crippen LogP contribution is -2.41. The van der Waals surface area contributed by atoms with Crippen molar-refractivity contribution in [3.8, 4) is 5.88 Å². The normalized spacial score (nSPS) is 24.4. The first kappa shape index (κ1) is 12.6. The lowest BCUT2D eigenvalue weighted by atomic mass is 9.94. The molecule has 1 aliphatic carbocycles. The molecule has 2 unspecified atom stereocenters. The van der Waals surface area contributed by atoms with Gasteiger partial charge in [-0.3, -0.25) is 0 Å². The Balaban J connectivity index is 2.14. The molecule has 1 heterocycles. The Morgan fingerprint density at radius 1 is 1.41 bits per heavy atom. The van der Waals surface area contributed by atoms with Crippen molar-refractivity contribution in [2.24, 2.45) is 0 Å². The van der Waals surface area contributed by atoms with E-state index in [0.29, 0.717) is 16.7 Å². The van der Waals surface area contributed by atoms with E-state index in [1.165, 1.54) is 25.7 Å². The molecule has 1 aromatic heterocycles. The fraction of sp³-hybridized carbons (Fsp3) is 0.667. The molecule has 4 nitrogen and oxygen atoms in total. The zero-order valence-corrected chi connectivity index (χ0v) is 11.9. The number of alkyl halides is 1. The Morgan fingerprint density at radius 3 is 2.88 bits per heavy atom. The third kappa shape index (κ3) is 2.89. The maximum atomic E-state index is 5.13. The van der Waals surface area contributed by atoms with E-state index in [0.717, 1.165) is 5.95 Å². The number of methoxy groups -OCH3 is 1. The second-order valence-electron chi connectivity index (χ2n) is 4.38. The van der Waals surface area contributed by atoms with Gasteiger partial charge in [-0.1, -0.05) is 28.8 Å². The number of ether oxygens (including phenoxy) is 1. The average molecular weight is 300 g/mol. The molecule has 0 bridgehead atoms. The van der Waals surface area contributed by atoms with Gasteiger partial charge in [0.1, 0.15) is 0 Å². The SMILES string of the molecule is COc1ccnc(N(C)C2CCCCC2Br)n1. The van der Waals surface area contributed by atoms with E-state index >= 15 is 0 Å². The molecule has 0 spiro atoms. The second kappa shape index (κ2) is 5.67. The molecule has 0 amide bonds. The minimum Gasteiger partial charge on any atom is -0.481 e. The van der Waals surface area contributed by atoms with Crippen LogP contribution in [0.2, 0.25) is 0 Å². The summed E-state index contributed by atoms with van der Waals surface area (Å²) in [5.41, 5.74) is 0. The largest absolute Gasteiger partial charge is 0.481 e. The molecule has 0 aromatic carbocycles. The first-order chi connectivity index (χ1) is 8.22. The summed E-state index contributed by atoms with van der Waals surface area (Å²) in [5, 5.41) is 0. The highest BCUT2D eigenvalue weighted by Crippen LogP contribution is 2.29. The van der Waals surface area contributed by atoms with Gasteiger partial charge in [0.2, 0.25) is 11.8 Å². The Hall–Kier alpha value is -0.840. The molecule has 0 aliphatic heterocycles. The van der Waals surface area contributed by atoms with E-state index in [1.54, 1.807) is 19.4 Å². The molecule has 1 aromatic rings. The van der Waals surface area contributed by atoms with Crippen molar-refractivity contribution in [1.82, 2.24) is 9.97 Å². The average Bonchev–Trinajstić information content (AvgIpc) is 2.38. The summed E-state index contributed by atoms with van der Waals surface area (Å²) in [7, 11) is 3.68. The lowest BCUT2D eigenvalue weighted by Gasteiger charge is -2.35. The molecule has 2 atom stereocenters. The molecular weight excluding hydrogens is 282 g/mol. The Bertz CT molecular complexity index is 375. The Kier molecular flexibility index (Phi) is 4.20. The van der Waals surface area contributed by atoms with Crippen LogP contribution in [0.15, 0.2) is 12.3 Å². The predicted molar refractivity (Wildman–Crippen MR) is 72.0 cm³/mol. The van der Waals surface area contributed by atoms with Crippen LogP contribution >= 0.6 is 15.9 Å². The first-order valence-electron chi connectivity index (χ1n) is 5.96. The van der Waals surface area contributed by atoms with Gasteiger partial charge >= 0.3 is 0 Å². The maximum Gasteiger partial charge on any atom is 0.228 e. The number of aromatic nitrogens is 2. The van der Waals surface area contributed by atoms with E-state index in [4.69, 9.17) is 4.74 Å². The van der Waals surface area contributed by atoms with Gasteiger partial charge in [0.05, 0.1) is 7.11 Å². The van der Waals surface area contributed by atoms with Crippen LogP contribution in [0.1, 0.15) is 25.7 Å². The predicted octanol–water partition coefficient (Wildman–Crippen LogP) is 2.63. The number of anilines is 1. The van der Waals surface area contributed by atoms with Crippen LogP contribution in [0.25, 0.3) is 0 Å². The van der Waals surface area contributed by atoms with Gasteiger partial charge in [-0.15, -0.1) is 0 Å². The topological polar surface area (TPSA) is 38.2 Å².